The standard InChI is InChI=1S/C10H12N2O2/c1-7-4-2-3-5-8(7)9-6-11-12-10(13)14-9/h2-5,9,11H,6H2,1H3,(H,12,13). The second kappa shape index (κ2) is 3.67. The lowest BCUT2D eigenvalue weighted by Crippen LogP contribution is -2.46. The second-order valence-corrected chi connectivity index (χ2v) is 3.26. The third-order valence-electron chi connectivity index (χ3n) is 2.26. The van der Waals surface area contributed by atoms with Gasteiger partial charge in [0.05, 0.1) is 6.54 Å². The van der Waals surface area contributed by atoms with Crippen LogP contribution in [0.1, 0.15) is 17.2 Å². The lowest BCUT2D eigenvalue weighted by Gasteiger charge is -2.25. The molecule has 1 saturated heterocycles. The molecule has 0 saturated carbocycles. The molecule has 0 spiro atoms. The van der Waals surface area contributed by atoms with Gasteiger partial charge in [-0.2, -0.15) is 0 Å². The van der Waals surface area contributed by atoms with E-state index in [0.29, 0.717) is 6.54 Å². The largest absolute Gasteiger partial charge is 0.439 e. The lowest BCUT2D eigenvalue weighted by atomic mass is 10.0. The van der Waals surface area contributed by atoms with Gasteiger partial charge in [0.1, 0.15) is 6.10 Å². The van der Waals surface area contributed by atoms with E-state index in [2.05, 4.69) is 10.9 Å². The molecular weight excluding hydrogens is 180 g/mol. The third kappa shape index (κ3) is 1.70. The van der Waals surface area contributed by atoms with Crippen LogP contribution in [0.3, 0.4) is 0 Å². The Morgan fingerprint density at radius 2 is 2.21 bits per heavy atom. The van der Waals surface area contributed by atoms with Crippen molar-refractivity contribution >= 4 is 6.09 Å². The minimum absolute atomic E-state index is 0.190. The minimum atomic E-state index is -0.426. The average molecular weight is 192 g/mol. The summed E-state index contributed by atoms with van der Waals surface area (Å²) in [6, 6.07) is 7.89. The maximum atomic E-state index is 11.0. The molecule has 1 aliphatic heterocycles. The zero-order chi connectivity index (χ0) is 9.97. The van der Waals surface area contributed by atoms with Crippen molar-refractivity contribution in [2.24, 2.45) is 0 Å². The van der Waals surface area contributed by atoms with Crippen molar-refractivity contribution < 1.29 is 9.53 Å². The predicted molar refractivity (Wildman–Crippen MR) is 51.5 cm³/mol. The maximum absolute atomic E-state index is 11.0. The van der Waals surface area contributed by atoms with Crippen LogP contribution in [0.4, 0.5) is 4.79 Å². The zero-order valence-corrected chi connectivity index (χ0v) is 7.91. The van der Waals surface area contributed by atoms with Crippen molar-refractivity contribution in [3.8, 4) is 0 Å². The molecule has 1 aromatic carbocycles. The van der Waals surface area contributed by atoms with Crippen molar-refractivity contribution in [1.29, 1.82) is 0 Å². The van der Waals surface area contributed by atoms with Crippen LogP contribution in [-0.2, 0) is 4.74 Å². The van der Waals surface area contributed by atoms with Gasteiger partial charge in [0.25, 0.3) is 0 Å². The van der Waals surface area contributed by atoms with E-state index in [4.69, 9.17) is 4.74 Å². The highest BCUT2D eigenvalue weighted by Gasteiger charge is 2.21. The number of amides is 1. The molecule has 1 aliphatic rings. The number of ether oxygens (including phenoxy) is 1. The molecular formula is C10H12N2O2. The molecule has 0 radical (unpaired) electrons. The molecule has 2 N–H and O–H groups in total. The highest BCUT2D eigenvalue weighted by molar-refractivity contribution is 5.67. The summed E-state index contributed by atoms with van der Waals surface area (Å²) >= 11 is 0. The molecule has 1 aromatic rings. The molecule has 2 rings (SSSR count). The van der Waals surface area contributed by atoms with Gasteiger partial charge in [-0.15, -0.1) is 0 Å². The molecule has 4 heteroatoms. The first-order chi connectivity index (χ1) is 6.77. The third-order valence-corrected chi connectivity index (χ3v) is 2.26. The van der Waals surface area contributed by atoms with Gasteiger partial charge in [-0.05, 0) is 18.1 Å². The average Bonchev–Trinajstić information content (AvgIpc) is 2.18. The molecule has 1 fully saturated rings. The van der Waals surface area contributed by atoms with Crippen LogP contribution in [0.25, 0.3) is 0 Å². The van der Waals surface area contributed by atoms with E-state index in [1.807, 2.05) is 31.2 Å². The number of aryl methyl sites for hydroxylation is 1. The maximum Gasteiger partial charge on any atom is 0.422 e. The Morgan fingerprint density at radius 1 is 1.43 bits per heavy atom. The Hall–Kier alpha value is -1.55. The number of hydrogen-bond donors (Lipinski definition) is 2. The van der Waals surface area contributed by atoms with Crippen LogP contribution in [0.2, 0.25) is 0 Å². The number of hydrogen-bond acceptors (Lipinski definition) is 3. The molecule has 1 unspecified atom stereocenters. The first-order valence-corrected chi connectivity index (χ1v) is 4.52. The molecule has 0 aliphatic carbocycles. The molecule has 1 atom stereocenters. The number of hydrazine groups is 1. The van der Waals surface area contributed by atoms with Gasteiger partial charge in [0, 0.05) is 0 Å². The summed E-state index contributed by atoms with van der Waals surface area (Å²) < 4.78 is 5.14. The van der Waals surface area contributed by atoms with Gasteiger partial charge in [-0.25, -0.2) is 10.2 Å². The van der Waals surface area contributed by atoms with Crippen molar-refractivity contribution in [3.63, 3.8) is 0 Å². The SMILES string of the molecule is Cc1ccccc1C1CNNC(=O)O1. The lowest BCUT2D eigenvalue weighted by molar-refractivity contribution is 0.0676. The fraction of sp³-hybridized carbons (Fsp3) is 0.300. The Morgan fingerprint density at radius 3 is 2.93 bits per heavy atom. The first kappa shape index (κ1) is 9.02. The van der Waals surface area contributed by atoms with Crippen LogP contribution in [0.15, 0.2) is 24.3 Å². The molecule has 0 aromatic heterocycles. The van der Waals surface area contributed by atoms with E-state index in [9.17, 15) is 4.79 Å². The van der Waals surface area contributed by atoms with Crippen molar-refractivity contribution in [1.82, 2.24) is 10.9 Å². The van der Waals surface area contributed by atoms with Crippen molar-refractivity contribution in [2.45, 2.75) is 13.0 Å². The first-order valence-electron chi connectivity index (χ1n) is 4.52. The van der Waals surface area contributed by atoms with Gasteiger partial charge in [0.15, 0.2) is 0 Å². The summed E-state index contributed by atoms with van der Waals surface area (Å²) in [5, 5.41) is 0. The van der Waals surface area contributed by atoms with Crippen molar-refractivity contribution in [2.75, 3.05) is 6.54 Å². The van der Waals surface area contributed by atoms with E-state index in [0.717, 1.165) is 11.1 Å². The van der Waals surface area contributed by atoms with E-state index in [-0.39, 0.29) is 6.10 Å². The molecule has 74 valence electrons. The van der Waals surface area contributed by atoms with Gasteiger partial charge in [-0.1, -0.05) is 24.3 Å². The summed E-state index contributed by atoms with van der Waals surface area (Å²) in [5.74, 6) is 0. The highest BCUT2D eigenvalue weighted by atomic mass is 16.6. The quantitative estimate of drug-likeness (QED) is 0.704. The molecule has 14 heavy (non-hydrogen) atoms. The smallest absolute Gasteiger partial charge is 0.422 e. The normalized spacial score (nSPS) is 21.2. The number of rotatable bonds is 1. The topological polar surface area (TPSA) is 50.4 Å². The van der Waals surface area contributed by atoms with Crippen LogP contribution in [-0.4, -0.2) is 12.6 Å². The number of nitrogens with one attached hydrogen (secondary N) is 2. The number of carbonyl (C=O) groups excluding carboxylic acids is 1. The molecule has 4 nitrogen and oxygen atoms in total. The predicted octanol–water partition coefficient (Wildman–Crippen LogP) is 1.28. The minimum Gasteiger partial charge on any atom is -0.439 e. The molecule has 0 bridgehead atoms. The van der Waals surface area contributed by atoms with Crippen LogP contribution >= 0.6 is 0 Å². The second-order valence-electron chi connectivity index (χ2n) is 3.26. The number of benzene rings is 1. The summed E-state index contributed by atoms with van der Waals surface area (Å²) in [4.78, 5) is 11.0. The fourth-order valence-electron chi connectivity index (χ4n) is 1.54. The summed E-state index contributed by atoms with van der Waals surface area (Å²) in [5.41, 5.74) is 7.36. The highest BCUT2D eigenvalue weighted by Crippen LogP contribution is 2.21. The Kier molecular flexibility index (Phi) is 2.37. The van der Waals surface area contributed by atoms with E-state index >= 15 is 0 Å². The van der Waals surface area contributed by atoms with Gasteiger partial charge in [0.2, 0.25) is 0 Å². The zero-order valence-electron chi connectivity index (χ0n) is 7.91. The fourth-order valence-corrected chi connectivity index (χ4v) is 1.54. The monoisotopic (exact) mass is 192 g/mol. The van der Waals surface area contributed by atoms with E-state index in [1.54, 1.807) is 0 Å². The van der Waals surface area contributed by atoms with Gasteiger partial charge in [-0.3, -0.25) is 5.43 Å². The Balaban J connectivity index is 2.22. The van der Waals surface area contributed by atoms with Crippen LogP contribution in [0.5, 0.6) is 0 Å². The van der Waals surface area contributed by atoms with E-state index in [1.165, 1.54) is 0 Å². The summed E-state index contributed by atoms with van der Waals surface area (Å²) in [6.45, 7) is 2.60. The van der Waals surface area contributed by atoms with Crippen LogP contribution in [0, 0.1) is 6.92 Å². The summed E-state index contributed by atoms with van der Waals surface area (Å²) in [7, 11) is 0. The van der Waals surface area contributed by atoms with Gasteiger partial charge < -0.3 is 4.74 Å². The number of carbonyl (C=O) groups is 1. The Labute approximate surface area is 82.2 Å². The summed E-state index contributed by atoms with van der Waals surface area (Å²) in [6.07, 6.45) is -0.616. The molecule has 1 amide bonds. The van der Waals surface area contributed by atoms with Gasteiger partial charge >= 0.3 is 6.09 Å². The molecule has 1 heterocycles. The number of cyclic esters (lactones) is 1. The van der Waals surface area contributed by atoms with E-state index < -0.39 is 6.09 Å². The Bertz CT molecular complexity index is 352. The van der Waals surface area contributed by atoms with Crippen LogP contribution < -0.4 is 10.9 Å². The van der Waals surface area contributed by atoms with Crippen molar-refractivity contribution in [3.05, 3.63) is 35.4 Å².